The molecule has 0 saturated heterocycles. The first-order valence-electron chi connectivity index (χ1n) is 20.8. The van der Waals surface area contributed by atoms with E-state index in [-0.39, 0.29) is 42.7 Å². The Bertz CT molecular complexity index is 1380. The quantitative estimate of drug-likeness (QED) is 0.104. The highest BCUT2D eigenvalue weighted by Gasteiger charge is 2.46. The lowest BCUT2D eigenvalue weighted by molar-refractivity contribution is -0.184. The minimum Gasteiger partial charge on any atom is -0.458 e. The van der Waals surface area contributed by atoms with Gasteiger partial charge in [-0.3, -0.25) is 9.59 Å². The van der Waals surface area contributed by atoms with E-state index in [2.05, 4.69) is 0 Å². The Kier molecular flexibility index (Phi) is 22.3. The number of methoxy groups -OCH3 is 4. The number of carbonyl (C=O) groups excluding carboxylic acids is 3. The van der Waals surface area contributed by atoms with Gasteiger partial charge in [-0.25, -0.2) is 4.79 Å². The maximum absolute atomic E-state index is 13.5. The van der Waals surface area contributed by atoms with Gasteiger partial charge in [0.1, 0.15) is 17.5 Å². The number of Topliss-reactive ketones (excluding diaryl/α,β-unsaturated/α-hetero) is 1. The van der Waals surface area contributed by atoms with Crippen LogP contribution in [0.1, 0.15) is 93.4 Å². The van der Waals surface area contributed by atoms with Crippen molar-refractivity contribution in [2.45, 2.75) is 154 Å². The standard InChI is InChI=1S/C45H75NO12/c1-28-16-19-34(48)24-35-14-13-15-36(57-35)25-39(54-10)45(7,52)40(55-11)26-38(53-9)32(5)44(58-41(50)21-17-28)33(6)42(51)29(2)18-20-37(49)31(4)43(56-12)30(3)22-23-46(8)27-47/h13-14,16-17,21-23,27,29-36,38-40,42-44,48,51-52H,15,18-20,24-26H2,1-12H3/b21-17+,23-22+,28-16+/t29-,30+,31-,32-,33-,34-,35-,36-,38+,39-,40-,42-,43+,44-,45?/m0/s1. The summed E-state index contributed by atoms with van der Waals surface area (Å²) >= 11 is 0. The van der Waals surface area contributed by atoms with Gasteiger partial charge in [0.05, 0.1) is 48.8 Å². The van der Waals surface area contributed by atoms with Crippen molar-refractivity contribution in [3.63, 3.8) is 0 Å². The van der Waals surface area contributed by atoms with Gasteiger partial charge in [-0.2, -0.15) is 0 Å². The highest BCUT2D eigenvalue weighted by Crippen LogP contribution is 2.35. The van der Waals surface area contributed by atoms with E-state index in [4.69, 9.17) is 28.4 Å². The number of cyclic esters (lactones) is 1. The number of hydrogen-bond acceptors (Lipinski definition) is 12. The van der Waals surface area contributed by atoms with Crippen LogP contribution in [0.15, 0.2) is 48.2 Å². The van der Waals surface area contributed by atoms with Crippen molar-refractivity contribution >= 4 is 18.2 Å². The van der Waals surface area contributed by atoms with Crippen LogP contribution in [0.5, 0.6) is 0 Å². The number of hydrogen-bond donors (Lipinski definition) is 3. The molecule has 332 valence electrons. The Hall–Kier alpha value is -2.75. The highest BCUT2D eigenvalue weighted by atomic mass is 16.6. The first kappa shape index (κ1) is 51.4. The Labute approximate surface area is 347 Å². The SMILES string of the molecule is CO[C@H]([C@H](C)/C=C/N(C)C=O)[C@@H](C)C(=O)CC[C@H](C)[C@H](O)[C@H](C)[C@H]1OC(=O)/C=C/C(C)=C/C[C@H](O)C[C@@H]2C=CC[C@@H](C[C@H](OC)C(C)(O)[C@@H](OC)C[C@@H](OC)[C@@H]1C)O2. The van der Waals surface area contributed by atoms with E-state index in [1.807, 2.05) is 65.8 Å². The van der Waals surface area contributed by atoms with Gasteiger partial charge in [-0.1, -0.05) is 70.6 Å². The zero-order chi connectivity index (χ0) is 43.7. The van der Waals surface area contributed by atoms with Crippen molar-refractivity contribution in [2.75, 3.05) is 35.5 Å². The van der Waals surface area contributed by atoms with E-state index in [1.165, 1.54) is 18.1 Å². The summed E-state index contributed by atoms with van der Waals surface area (Å²) in [5.74, 6) is -2.64. The number of aliphatic hydroxyl groups is 3. The second-order valence-corrected chi connectivity index (χ2v) is 16.8. The van der Waals surface area contributed by atoms with E-state index in [1.54, 1.807) is 47.6 Å². The monoisotopic (exact) mass is 822 g/mol. The molecule has 0 aromatic heterocycles. The Balaban J connectivity index is 2.40. The summed E-state index contributed by atoms with van der Waals surface area (Å²) in [5, 5.41) is 34.7. The lowest BCUT2D eigenvalue weighted by Crippen LogP contribution is -2.55. The fourth-order valence-corrected chi connectivity index (χ4v) is 8.33. The lowest BCUT2D eigenvalue weighted by atomic mass is 9.77. The van der Waals surface area contributed by atoms with Gasteiger partial charge in [-0.15, -0.1) is 0 Å². The average Bonchev–Trinajstić information content (AvgIpc) is 3.20. The molecule has 0 radical (unpaired) electrons. The average molecular weight is 822 g/mol. The molecule has 58 heavy (non-hydrogen) atoms. The van der Waals surface area contributed by atoms with Gasteiger partial charge in [0.2, 0.25) is 6.41 Å². The Morgan fingerprint density at radius 2 is 1.69 bits per heavy atom. The van der Waals surface area contributed by atoms with E-state index in [0.29, 0.717) is 38.5 Å². The molecule has 0 aromatic rings. The van der Waals surface area contributed by atoms with Gasteiger partial charge in [0.25, 0.3) is 0 Å². The molecule has 0 fully saturated rings. The number of ketones is 1. The fourth-order valence-electron chi connectivity index (χ4n) is 8.33. The van der Waals surface area contributed by atoms with E-state index < -0.39 is 72.1 Å². The number of allylic oxidation sites excluding steroid dienone is 2. The molecule has 2 aliphatic heterocycles. The van der Waals surface area contributed by atoms with Crippen molar-refractivity contribution < 1.29 is 58.1 Å². The highest BCUT2D eigenvalue weighted by molar-refractivity contribution is 5.82. The molecule has 0 aromatic carbocycles. The molecular weight excluding hydrogens is 746 g/mol. The molecule has 13 heteroatoms. The number of amides is 1. The topological polar surface area (TPSA) is 171 Å². The number of fused-ring (bicyclic) bond motifs is 2. The Morgan fingerprint density at radius 3 is 2.29 bits per heavy atom. The van der Waals surface area contributed by atoms with Crippen molar-refractivity contribution in [3.8, 4) is 0 Å². The van der Waals surface area contributed by atoms with Crippen LogP contribution in [-0.4, -0.2) is 134 Å². The maximum Gasteiger partial charge on any atom is 0.331 e. The molecule has 2 rings (SSSR count). The second-order valence-electron chi connectivity index (χ2n) is 16.8. The first-order valence-corrected chi connectivity index (χ1v) is 20.8. The molecular formula is C45H75NO12. The summed E-state index contributed by atoms with van der Waals surface area (Å²) in [5.41, 5.74) is -0.728. The molecule has 2 bridgehead atoms. The third kappa shape index (κ3) is 15.4. The zero-order valence-corrected chi connectivity index (χ0v) is 37.1. The molecule has 0 spiro atoms. The number of ether oxygens (including phenoxy) is 6. The molecule has 3 N–H and O–H groups in total. The number of rotatable bonds is 16. The third-order valence-electron chi connectivity index (χ3n) is 12.3. The second kappa shape index (κ2) is 25.1. The molecule has 2 heterocycles. The molecule has 13 nitrogen and oxygen atoms in total. The van der Waals surface area contributed by atoms with Gasteiger partial charge in [-0.05, 0) is 39.0 Å². The minimum absolute atomic E-state index is 0.0104. The maximum atomic E-state index is 13.5. The van der Waals surface area contributed by atoms with E-state index in [0.717, 1.165) is 5.57 Å². The van der Waals surface area contributed by atoms with Crippen molar-refractivity contribution in [1.29, 1.82) is 0 Å². The fraction of sp³-hybridized carbons (Fsp3) is 0.756. The van der Waals surface area contributed by atoms with Gasteiger partial charge in [0.15, 0.2) is 0 Å². The summed E-state index contributed by atoms with van der Waals surface area (Å²) in [6.45, 7) is 12.9. The van der Waals surface area contributed by atoms with Crippen LogP contribution in [0.3, 0.4) is 0 Å². The summed E-state index contributed by atoms with van der Waals surface area (Å²) in [4.78, 5) is 39.3. The largest absolute Gasteiger partial charge is 0.458 e. The van der Waals surface area contributed by atoms with Crippen LogP contribution in [0.2, 0.25) is 0 Å². The lowest BCUT2D eigenvalue weighted by Gasteiger charge is -2.42. The number of carbonyl (C=O) groups is 3. The summed E-state index contributed by atoms with van der Waals surface area (Å²) in [6.07, 6.45) is 10.0. The van der Waals surface area contributed by atoms with Crippen molar-refractivity contribution in [3.05, 3.63) is 48.2 Å². The smallest absolute Gasteiger partial charge is 0.331 e. The van der Waals surface area contributed by atoms with E-state index >= 15 is 0 Å². The third-order valence-corrected chi connectivity index (χ3v) is 12.3. The van der Waals surface area contributed by atoms with Gasteiger partial charge in [0, 0.05) is 97.1 Å². The molecule has 15 atom stereocenters. The normalized spacial score (nSPS) is 34.1. The van der Waals surface area contributed by atoms with Crippen molar-refractivity contribution in [2.24, 2.45) is 29.6 Å². The predicted molar refractivity (Wildman–Crippen MR) is 223 cm³/mol. The molecule has 1 amide bonds. The van der Waals surface area contributed by atoms with E-state index in [9.17, 15) is 29.7 Å². The minimum atomic E-state index is -1.50. The zero-order valence-electron chi connectivity index (χ0n) is 37.1. The molecule has 1 unspecified atom stereocenters. The van der Waals surface area contributed by atoms with Crippen LogP contribution in [0, 0.1) is 29.6 Å². The predicted octanol–water partition coefficient (Wildman–Crippen LogP) is 5.35. The Morgan fingerprint density at radius 1 is 1.03 bits per heavy atom. The van der Waals surface area contributed by atoms with Crippen molar-refractivity contribution in [1.82, 2.24) is 4.90 Å². The van der Waals surface area contributed by atoms with Gasteiger partial charge >= 0.3 is 5.97 Å². The molecule has 2 aliphatic rings. The number of esters is 1. The molecule has 0 saturated carbocycles. The van der Waals surface area contributed by atoms with Crippen LogP contribution in [0.4, 0.5) is 0 Å². The number of nitrogens with zero attached hydrogens (tertiary/aromatic N) is 1. The van der Waals surface area contributed by atoms with Crippen LogP contribution < -0.4 is 0 Å². The number of aliphatic hydroxyl groups excluding tert-OH is 2. The van der Waals surface area contributed by atoms with Crippen LogP contribution >= 0.6 is 0 Å². The summed E-state index contributed by atoms with van der Waals surface area (Å²) in [6, 6.07) is 0. The van der Waals surface area contributed by atoms with Crippen LogP contribution in [0.25, 0.3) is 0 Å². The van der Waals surface area contributed by atoms with Crippen LogP contribution in [-0.2, 0) is 42.8 Å². The summed E-state index contributed by atoms with van der Waals surface area (Å²) in [7, 11) is 7.81. The first-order chi connectivity index (χ1) is 27.3. The molecule has 0 aliphatic carbocycles. The summed E-state index contributed by atoms with van der Waals surface area (Å²) < 4.78 is 36.1. The van der Waals surface area contributed by atoms with Gasteiger partial charge < -0.3 is 48.6 Å².